The Kier molecular flexibility index (Phi) is 6.99. The maximum atomic E-state index is 14.2. The summed E-state index contributed by atoms with van der Waals surface area (Å²) in [7, 11) is 0. The number of rotatable bonds is 4. The topological polar surface area (TPSA) is 29.1 Å². The molecular formula is C40H55NO. The lowest BCUT2D eigenvalue weighted by Crippen LogP contribution is -2.62. The first kappa shape index (κ1) is 28.7. The summed E-state index contributed by atoms with van der Waals surface area (Å²) >= 11 is 0. The van der Waals surface area contributed by atoms with Gasteiger partial charge in [0, 0.05) is 6.54 Å². The molecule has 0 radical (unpaired) electrons. The number of carbonyl (C=O) groups is 1. The lowest BCUT2D eigenvalue weighted by molar-refractivity contribution is -0.196. The molecule has 7 rings (SSSR count). The van der Waals surface area contributed by atoms with E-state index in [9.17, 15) is 4.79 Å². The zero-order valence-corrected chi connectivity index (χ0v) is 27.1. The fraction of sp³-hybridized carbons (Fsp3) is 0.675. The molecule has 226 valence electrons. The molecule has 2 aromatic carbocycles. The van der Waals surface area contributed by atoms with Crippen molar-refractivity contribution in [2.75, 3.05) is 0 Å². The van der Waals surface area contributed by atoms with Crippen molar-refractivity contribution in [3.8, 4) is 11.1 Å². The first-order chi connectivity index (χ1) is 20.1. The maximum absolute atomic E-state index is 14.2. The van der Waals surface area contributed by atoms with Crippen LogP contribution in [0.4, 0.5) is 0 Å². The molecule has 0 heterocycles. The molecule has 2 heteroatoms. The average Bonchev–Trinajstić information content (AvgIpc) is 3.41. The van der Waals surface area contributed by atoms with Crippen LogP contribution in [0.3, 0.4) is 0 Å². The zero-order chi connectivity index (χ0) is 29.3. The molecule has 5 aliphatic carbocycles. The lowest BCUT2D eigenvalue weighted by Gasteiger charge is -2.68. The first-order valence-electron chi connectivity index (χ1n) is 17.5. The van der Waals surface area contributed by atoms with Gasteiger partial charge in [0.25, 0.3) is 0 Å². The maximum Gasteiger partial charge on any atom is 0.226 e. The Bertz CT molecular complexity index is 1340. The van der Waals surface area contributed by atoms with Crippen molar-refractivity contribution in [3.05, 3.63) is 59.7 Å². The van der Waals surface area contributed by atoms with Crippen molar-refractivity contribution in [2.24, 2.45) is 51.2 Å². The van der Waals surface area contributed by atoms with Gasteiger partial charge in [0.1, 0.15) is 0 Å². The third-order valence-corrected chi connectivity index (χ3v) is 14.4. The molecule has 8 unspecified atom stereocenters. The minimum atomic E-state index is -0.132. The van der Waals surface area contributed by atoms with Gasteiger partial charge in [-0.3, -0.25) is 4.79 Å². The average molecular weight is 566 g/mol. The highest BCUT2D eigenvalue weighted by atomic mass is 16.2. The molecule has 0 spiro atoms. The van der Waals surface area contributed by atoms with Crippen LogP contribution >= 0.6 is 0 Å². The van der Waals surface area contributed by atoms with Gasteiger partial charge in [0.15, 0.2) is 0 Å². The summed E-state index contributed by atoms with van der Waals surface area (Å²) in [5, 5.41) is 3.50. The van der Waals surface area contributed by atoms with Crippen molar-refractivity contribution < 1.29 is 4.79 Å². The van der Waals surface area contributed by atoms with Crippen LogP contribution in [0, 0.1) is 58.2 Å². The van der Waals surface area contributed by atoms with Crippen LogP contribution in [-0.2, 0) is 11.3 Å². The van der Waals surface area contributed by atoms with Gasteiger partial charge in [-0.15, -0.1) is 0 Å². The molecule has 2 aromatic rings. The van der Waals surface area contributed by atoms with E-state index in [1.807, 2.05) is 0 Å². The number of benzene rings is 2. The lowest BCUT2D eigenvalue weighted by atomic mass is 9.36. The van der Waals surface area contributed by atoms with Crippen LogP contribution in [0.2, 0.25) is 0 Å². The van der Waals surface area contributed by atoms with Gasteiger partial charge in [-0.05, 0) is 140 Å². The van der Waals surface area contributed by atoms with Gasteiger partial charge in [-0.1, -0.05) is 88.6 Å². The Balaban J connectivity index is 1.08. The van der Waals surface area contributed by atoms with Gasteiger partial charge in [-0.2, -0.15) is 0 Å². The Morgan fingerprint density at radius 3 is 2.33 bits per heavy atom. The summed E-state index contributed by atoms with van der Waals surface area (Å²) in [6.07, 6.45) is 15.9. The number of hydrogen-bond donors (Lipinski definition) is 1. The summed E-state index contributed by atoms with van der Waals surface area (Å²) in [6.45, 7) is 13.4. The van der Waals surface area contributed by atoms with E-state index < -0.39 is 0 Å². The van der Waals surface area contributed by atoms with Gasteiger partial charge >= 0.3 is 0 Å². The molecule has 0 bridgehead atoms. The summed E-state index contributed by atoms with van der Waals surface area (Å²) in [5.74, 6) is 4.26. The van der Waals surface area contributed by atoms with Crippen LogP contribution in [0.1, 0.15) is 116 Å². The van der Waals surface area contributed by atoms with E-state index in [1.54, 1.807) is 0 Å². The second-order valence-electron chi connectivity index (χ2n) is 16.8. The molecule has 0 aliphatic heterocycles. The number of aryl methyl sites for hydroxylation is 1. The summed E-state index contributed by atoms with van der Waals surface area (Å²) < 4.78 is 0. The van der Waals surface area contributed by atoms with Gasteiger partial charge in [0.05, 0.1) is 5.41 Å². The molecule has 5 fully saturated rings. The smallest absolute Gasteiger partial charge is 0.226 e. The normalized spacial score (nSPS) is 40.3. The molecule has 5 aliphatic rings. The van der Waals surface area contributed by atoms with Crippen LogP contribution in [0.5, 0.6) is 0 Å². The SMILES string of the molecule is Cc1cccc(-c2cccc(CNC(=O)C34CCCC3C3CCC5C(C)(CCC6C(C)(C)CCCC65C)C3CC4)c2)c1. The third-order valence-electron chi connectivity index (χ3n) is 14.4. The standard InChI is InChI=1S/C40H55NO/c1-27-10-6-12-29(24-27)30-13-7-11-28(25-30)26-41-36(42)40-21-8-14-33(40)31-15-16-35-38(4,32(31)17-23-40)22-18-34-37(2,3)19-9-20-39(34,35)5/h6-7,10-13,24-25,31-35H,8-9,14-23,26H2,1-5H3,(H,41,42). The van der Waals surface area contributed by atoms with Crippen molar-refractivity contribution >= 4 is 5.91 Å². The van der Waals surface area contributed by atoms with E-state index in [0.717, 1.165) is 36.5 Å². The fourth-order valence-electron chi connectivity index (χ4n) is 12.8. The highest BCUT2D eigenvalue weighted by Gasteiger charge is 2.66. The summed E-state index contributed by atoms with van der Waals surface area (Å²) in [5.41, 5.74) is 6.30. The number of amides is 1. The quantitative estimate of drug-likeness (QED) is 0.393. The second kappa shape index (κ2) is 10.2. The molecule has 1 amide bonds. The number of carbonyl (C=O) groups excluding carboxylic acids is 1. The van der Waals surface area contributed by atoms with Crippen LogP contribution in [0.15, 0.2) is 48.5 Å². The molecule has 1 N–H and O–H groups in total. The third kappa shape index (κ3) is 4.35. The second-order valence-corrected chi connectivity index (χ2v) is 16.8. The van der Waals surface area contributed by atoms with E-state index >= 15 is 0 Å². The van der Waals surface area contributed by atoms with E-state index in [1.165, 1.54) is 86.5 Å². The molecule has 5 saturated carbocycles. The molecule has 42 heavy (non-hydrogen) atoms. The number of fused-ring (bicyclic) bond motifs is 7. The number of hydrogen-bond acceptors (Lipinski definition) is 1. The predicted octanol–water partition coefficient (Wildman–Crippen LogP) is 10.1. The largest absolute Gasteiger partial charge is 0.352 e. The van der Waals surface area contributed by atoms with Gasteiger partial charge < -0.3 is 5.32 Å². The van der Waals surface area contributed by atoms with Gasteiger partial charge in [-0.25, -0.2) is 0 Å². The van der Waals surface area contributed by atoms with Crippen LogP contribution < -0.4 is 5.32 Å². The van der Waals surface area contributed by atoms with E-state index in [4.69, 9.17) is 0 Å². The summed E-state index contributed by atoms with van der Waals surface area (Å²) in [4.78, 5) is 14.2. The zero-order valence-electron chi connectivity index (χ0n) is 27.1. The fourth-order valence-corrected chi connectivity index (χ4v) is 12.8. The minimum absolute atomic E-state index is 0.132. The van der Waals surface area contributed by atoms with Crippen molar-refractivity contribution in [3.63, 3.8) is 0 Å². The first-order valence-corrected chi connectivity index (χ1v) is 17.5. The molecule has 2 nitrogen and oxygen atoms in total. The van der Waals surface area contributed by atoms with E-state index in [0.29, 0.717) is 34.6 Å². The molecule has 0 aromatic heterocycles. The molecular weight excluding hydrogens is 510 g/mol. The monoisotopic (exact) mass is 565 g/mol. The van der Waals surface area contributed by atoms with Crippen molar-refractivity contribution in [1.82, 2.24) is 5.32 Å². The van der Waals surface area contributed by atoms with Crippen LogP contribution in [-0.4, -0.2) is 5.91 Å². The van der Waals surface area contributed by atoms with E-state index in [-0.39, 0.29) is 5.41 Å². The number of nitrogens with one attached hydrogen (secondary N) is 1. The Hall–Kier alpha value is -2.09. The highest BCUT2D eigenvalue weighted by Crippen LogP contribution is 2.73. The van der Waals surface area contributed by atoms with Crippen LogP contribution in [0.25, 0.3) is 11.1 Å². The van der Waals surface area contributed by atoms with Crippen molar-refractivity contribution in [2.45, 2.75) is 118 Å². The predicted molar refractivity (Wildman–Crippen MR) is 174 cm³/mol. The Morgan fingerprint density at radius 2 is 1.52 bits per heavy atom. The van der Waals surface area contributed by atoms with Gasteiger partial charge in [0.2, 0.25) is 5.91 Å². The molecule has 8 atom stereocenters. The Morgan fingerprint density at radius 1 is 0.738 bits per heavy atom. The molecule has 0 saturated heterocycles. The van der Waals surface area contributed by atoms with Crippen molar-refractivity contribution in [1.29, 1.82) is 0 Å². The van der Waals surface area contributed by atoms with E-state index in [2.05, 4.69) is 88.5 Å². The Labute approximate surface area is 255 Å². The summed E-state index contributed by atoms with van der Waals surface area (Å²) in [6, 6.07) is 17.5. The highest BCUT2D eigenvalue weighted by molar-refractivity contribution is 5.83. The minimum Gasteiger partial charge on any atom is -0.352 e.